The quantitative estimate of drug-likeness (QED) is 0.908. The number of nitrogens with two attached hydrogens (primary N) is 1. The van der Waals surface area contributed by atoms with E-state index in [0.717, 1.165) is 12.5 Å². The van der Waals surface area contributed by atoms with Gasteiger partial charge >= 0.3 is 0 Å². The van der Waals surface area contributed by atoms with E-state index >= 15 is 0 Å². The third kappa shape index (κ3) is 2.14. The summed E-state index contributed by atoms with van der Waals surface area (Å²) in [7, 11) is 0. The van der Waals surface area contributed by atoms with Gasteiger partial charge in [-0.2, -0.15) is 0 Å². The van der Waals surface area contributed by atoms with Crippen LogP contribution in [0.3, 0.4) is 0 Å². The van der Waals surface area contributed by atoms with Crippen molar-refractivity contribution in [2.24, 2.45) is 11.7 Å². The lowest BCUT2D eigenvalue weighted by Gasteiger charge is -2.54. The molecule has 20 heavy (non-hydrogen) atoms. The average Bonchev–Trinajstić information content (AvgIpc) is 2.54. The zero-order valence-electron chi connectivity index (χ0n) is 12.8. The molecule has 2 N–H and O–H groups in total. The van der Waals surface area contributed by atoms with E-state index in [2.05, 4.69) is 36.1 Å². The van der Waals surface area contributed by atoms with Crippen LogP contribution in [0.15, 0.2) is 24.3 Å². The van der Waals surface area contributed by atoms with Gasteiger partial charge in [0.1, 0.15) is 0 Å². The Morgan fingerprint density at radius 2 is 2.10 bits per heavy atom. The van der Waals surface area contributed by atoms with Gasteiger partial charge in [-0.3, -0.25) is 0 Å². The Labute approximate surface area is 123 Å². The predicted octanol–water partition coefficient (Wildman–Crippen LogP) is 3.74. The van der Waals surface area contributed by atoms with Crippen LogP contribution in [0.4, 0.5) is 5.69 Å². The van der Waals surface area contributed by atoms with Crippen molar-refractivity contribution >= 4 is 5.69 Å². The number of anilines is 1. The molecule has 1 aromatic carbocycles. The molecule has 2 heteroatoms. The van der Waals surface area contributed by atoms with Gasteiger partial charge in [0.25, 0.3) is 0 Å². The van der Waals surface area contributed by atoms with Gasteiger partial charge in [0.15, 0.2) is 0 Å². The van der Waals surface area contributed by atoms with Gasteiger partial charge in [0.05, 0.1) is 5.54 Å². The molecule has 1 aliphatic carbocycles. The zero-order valence-corrected chi connectivity index (χ0v) is 12.8. The second-order valence-electron chi connectivity index (χ2n) is 6.54. The number of aryl methyl sites for hydroxylation is 1. The summed E-state index contributed by atoms with van der Waals surface area (Å²) in [6.45, 7) is 4.33. The third-order valence-electron chi connectivity index (χ3n) is 5.67. The van der Waals surface area contributed by atoms with Crippen LogP contribution >= 0.6 is 0 Å². The summed E-state index contributed by atoms with van der Waals surface area (Å²) in [5.74, 6) is 0.757. The van der Waals surface area contributed by atoms with E-state index in [4.69, 9.17) is 5.73 Å². The van der Waals surface area contributed by atoms with Crippen molar-refractivity contribution < 1.29 is 0 Å². The smallest absolute Gasteiger partial charge is 0.0552 e. The van der Waals surface area contributed by atoms with Gasteiger partial charge in [-0.05, 0) is 43.2 Å². The van der Waals surface area contributed by atoms with Crippen molar-refractivity contribution in [2.75, 3.05) is 18.0 Å². The molecule has 0 aromatic heterocycles. The second kappa shape index (κ2) is 5.77. The fourth-order valence-electron chi connectivity index (χ4n) is 4.61. The largest absolute Gasteiger partial charge is 0.364 e. The molecule has 2 nitrogen and oxygen atoms in total. The summed E-state index contributed by atoms with van der Waals surface area (Å²) in [4.78, 5) is 2.69. The summed E-state index contributed by atoms with van der Waals surface area (Å²) < 4.78 is 0. The first-order chi connectivity index (χ1) is 9.81. The van der Waals surface area contributed by atoms with E-state index in [-0.39, 0.29) is 5.54 Å². The first-order valence-corrected chi connectivity index (χ1v) is 8.37. The standard InChI is InChI=1S/C18H28N2/c1-2-16-10-5-6-12-18(16,14-19)20-13-7-9-15-8-3-4-11-17(15)20/h3-4,8,11,16H,2,5-7,9-10,12-14,19H2,1H3. The molecule has 1 aromatic rings. The van der Waals surface area contributed by atoms with Crippen LogP contribution in [-0.2, 0) is 6.42 Å². The molecule has 2 aliphatic rings. The Balaban J connectivity index is 2.01. The van der Waals surface area contributed by atoms with E-state index in [0.29, 0.717) is 0 Å². The van der Waals surface area contributed by atoms with E-state index in [1.165, 1.54) is 62.7 Å². The van der Waals surface area contributed by atoms with E-state index in [1.807, 2.05) is 0 Å². The van der Waals surface area contributed by atoms with Crippen LogP contribution in [-0.4, -0.2) is 18.6 Å². The van der Waals surface area contributed by atoms with Crippen molar-refractivity contribution in [1.29, 1.82) is 0 Å². The van der Waals surface area contributed by atoms with Crippen molar-refractivity contribution in [3.05, 3.63) is 29.8 Å². The molecule has 0 amide bonds. The van der Waals surface area contributed by atoms with Crippen LogP contribution in [0.1, 0.15) is 51.0 Å². The highest BCUT2D eigenvalue weighted by atomic mass is 15.2. The summed E-state index contributed by atoms with van der Waals surface area (Å²) in [6.07, 6.45) is 9.11. The lowest BCUT2D eigenvalue weighted by molar-refractivity contribution is 0.174. The molecule has 2 atom stereocenters. The van der Waals surface area contributed by atoms with Gasteiger partial charge in [-0.1, -0.05) is 44.4 Å². The van der Waals surface area contributed by atoms with Gasteiger partial charge in [0, 0.05) is 18.8 Å². The predicted molar refractivity (Wildman–Crippen MR) is 86.1 cm³/mol. The highest BCUT2D eigenvalue weighted by Crippen LogP contribution is 2.44. The molecule has 3 rings (SSSR count). The molecular formula is C18H28N2. The summed E-state index contributed by atoms with van der Waals surface area (Å²) in [5, 5.41) is 0. The Hall–Kier alpha value is -1.02. The summed E-state index contributed by atoms with van der Waals surface area (Å²) >= 11 is 0. The Morgan fingerprint density at radius 3 is 2.90 bits per heavy atom. The number of rotatable bonds is 3. The molecular weight excluding hydrogens is 244 g/mol. The van der Waals surface area contributed by atoms with E-state index in [1.54, 1.807) is 0 Å². The number of nitrogens with zero attached hydrogens (tertiary/aromatic N) is 1. The highest BCUT2D eigenvalue weighted by molar-refractivity contribution is 5.58. The van der Waals surface area contributed by atoms with Gasteiger partial charge in [-0.15, -0.1) is 0 Å². The van der Waals surface area contributed by atoms with Gasteiger partial charge < -0.3 is 10.6 Å². The van der Waals surface area contributed by atoms with Crippen molar-refractivity contribution in [2.45, 2.75) is 57.4 Å². The minimum absolute atomic E-state index is 0.212. The molecule has 2 unspecified atom stereocenters. The molecule has 0 radical (unpaired) electrons. The molecule has 1 aliphatic heterocycles. The zero-order chi connectivity index (χ0) is 14.0. The van der Waals surface area contributed by atoms with Crippen molar-refractivity contribution in [3.8, 4) is 0 Å². The van der Waals surface area contributed by atoms with Crippen LogP contribution in [0.5, 0.6) is 0 Å². The topological polar surface area (TPSA) is 29.3 Å². The van der Waals surface area contributed by atoms with Crippen LogP contribution in [0.2, 0.25) is 0 Å². The first-order valence-electron chi connectivity index (χ1n) is 8.37. The third-order valence-corrected chi connectivity index (χ3v) is 5.67. The number of para-hydroxylation sites is 1. The fourth-order valence-corrected chi connectivity index (χ4v) is 4.61. The fraction of sp³-hybridized carbons (Fsp3) is 0.667. The normalized spacial score (nSPS) is 30.1. The monoisotopic (exact) mass is 272 g/mol. The SMILES string of the molecule is CCC1CCCCC1(CN)N1CCCc2ccccc21. The first kappa shape index (κ1) is 13.9. The second-order valence-corrected chi connectivity index (χ2v) is 6.54. The van der Waals surface area contributed by atoms with Gasteiger partial charge in [-0.25, -0.2) is 0 Å². The molecule has 0 spiro atoms. The molecule has 1 fully saturated rings. The Morgan fingerprint density at radius 1 is 1.25 bits per heavy atom. The minimum Gasteiger partial charge on any atom is -0.364 e. The maximum absolute atomic E-state index is 6.35. The minimum atomic E-state index is 0.212. The lowest BCUT2D eigenvalue weighted by Crippen LogP contribution is -2.61. The molecule has 1 saturated carbocycles. The van der Waals surface area contributed by atoms with E-state index < -0.39 is 0 Å². The molecule has 1 heterocycles. The number of fused-ring (bicyclic) bond motifs is 1. The highest BCUT2D eigenvalue weighted by Gasteiger charge is 2.44. The van der Waals surface area contributed by atoms with Crippen LogP contribution in [0.25, 0.3) is 0 Å². The molecule has 0 bridgehead atoms. The van der Waals surface area contributed by atoms with Crippen molar-refractivity contribution in [3.63, 3.8) is 0 Å². The maximum Gasteiger partial charge on any atom is 0.0552 e. The lowest BCUT2D eigenvalue weighted by atomic mass is 9.69. The van der Waals surface area contributed by atoms with Crippen LogP contribution in [0, 0.1) is 5.92 Å². The number of hydrogen-bond donors (Lipinski definition) is 1. The van der Waals surface area contributed by atoms with Crippen LogP contribution < -0.4 is 10.6 Å². The molecule has 0 saturated heterocycles. The molecule has 110 valence electrons. The van der Waals surface area contributed by atoms with Gasteiger partial charge in [0.2, 0.25) is 0 Å². The van der Waals surface area contributed by atoms with E-state index in [9.17, 15) is 0 Å². The Bertz CT molecular complexity index is 456. The maximum atomic E-state index is 6.35. The Kier molecular flexibility index (Phi) is 4.02. The summed E-state index contributed by atoms with van der Waals surface area (Å²) in [5.41, 5.74) is 9.55. The number of hydrogen-bond acceptors (Lipinski definition) is 2. The summed E-state index contributed by atoms with van der Waals surface area (Å²) in [6, 6.07) is 8.98. The van der Waals surface area contributed by atoms with Crippen molar-refractivity contribution in [1.82, 2.24) is 0 Å². The average molecular weight is 272 g/mol. The number of benzene rings is 1.